The van der Waals surface area contributed by atoms with Gasteiger partial charge in [0, 0.05) is 19.2 Å². The molecule has 30 heavy (non-hydrogen) atoms. The normalized spacial score (nSPS) is 11.4. The van der Waals surface area contributed by atoms with Gasteiger partial charge in [0.15, 0.2) is 6.39 Å². The summed E-state index contributed by atoms with van der Waals surface area (Å²) < 4.78 is 6.65. The lowest BCUT2D eigenvalue weighted by Gasteiger charge is -2.09. The van der Waals surface area contributed by atoms with E-state index in [0.717, 1.165) is 30.6 Å². The van der Waals surface area contributed by atoms with Crippen molar-refractivity contribution < 1.29 is 9.21 Å². The van der Waals surface area contributed by atoms with E-state index < -0.39 is 0 Å². The quantitative estimate of drug-likeness (QED) is 0.375. The van der Waals surface area contributed by atoms with Gasteiger partial charge < -0.3 is 9.73 Å². The summed E-state index contributed by atoms with van der Waals surface area (Å²) in [5, 5.41) is 3.46. The van der Waals surface area contributed by atoms with Gasteiger partial charge in [-0.25, -0.2) is 9.97 Å². The summed E-state index contributed by atoms with van der Waals surface area (Å²) in [5.74, 6) is 0.950. The molecule has 1 aromatic carbocycles. The van der Waals surface area contributed by atoms with Gasteiger partial charge in [-0.05, 0) is 48.6 Å². The Kier molecular flexibility index (Phi) is 5.61. The van der Waals surface area contributed by atoms with Gasteiger partial charge in [-0.15, -0.1) is 0 Å². The Bertz CT molecular complexity index is 1240. The SMILES string of the molecule is CC(C)c1ccc2nc3ccc(C(=O)NCCCCc4cnco4)cn3c(=O)c2c1. The molecule has 0 unspecified atom stereocenters. The third kappa shape index (κ3) is 4.10. The van der Waals surface area contributed by atoms with Crippen LogP contribution in [0.4, 0.5) is 0 Å². The summed E-state index contributed by atoms with van der Waals surface area (Å²) in [5.41, 5.74) is 2.53. The number of oxazole rings is 1. The number of nitrogens with zero attached hydrogens (tertiary/aromatic N) is 3. The van der Waals surface area contributed by atoms with Crippen LogP contribution in [0, 0.1) is 0 Å². The van der Waals surface area contributed by atoms with Crippen LogP contribution in [-0.2, 0) is 6.42 Å². The van der Waals surface area contributed by atoms with Crippen molar-refractivity contribution >= 4 is 22.5 Å². The molecule has 0 fully saturated rings. The molecular formula is C23H24N4O3. The monoisotopic (exact) mass is 404 g/mol. The fraction of sp³-hybridized carbons (Fsp3) is 0.304. The topological polar surface area (TPSA) is 89.5 Å². The molecule has 0 saturated heterocycles. The van der Waals surface area contributed by atoms with E-state index in [9.17, 15) is 9.59 Å². The molecule has 3 aromatic heterocycles. The Morgan fingerprint density at radius 2 is 2.07 bits per heavy atom. The highest BCUT2D eigenvalue weighted by atomic mass is 16.3. The minimum absolute atomic E-state index is 0.167. The summed E-state index contributed by atoms with van der Waals surface area (Å²) in [6.07, 6.45) is 7.19. The Morgan fingerprint density at radius 3 is 2.83 bits per heavy atom. The fourth-order valence-corrected chi connectivity index (χ4v) is 3.41. The summed E-state index contributed by atoms with van der Waals surface area (Å²) in [7, 11) is 0. The maximum Gasteiger partial charge on any atom is 0.265 e. The van der Waals surface area contributed by atoms with Crippen LogP contribution >= 0.6 is 0 Å². The lowest BCUT2D eigenvalue weighted by Crippen LogP contribution is -2.26. The van der Waals surface area contributed by atoms with Gasteiger partial charge in [0.1, 0.15) is 11.4 Å². The number of aryl methyl sites for hydroxylation is 1. The van der Waals surface area contributed by atoms with Crippen LogP contribution in [0.2, 0.25) is 0 Å². The van der Waals surface area contributed by atoms with Crippen molar-refractivity contribution in [3.8, 4) is 0 Å². The third-order valence-corrected chi connectivity index (χ3v) is 5.18. The van der Waals surface area contributed by atoms with Gasteiger partial charge in [-0.2, -0.15) is 0 Å². The molecule has 0 saturated carbocycles. The van der Waals surface area contributed by atoms with Gasteiger partial charge in [0.05, 0.1) is 22.7 Å². The first-order valence-electron chi connectivity index (χ1n) is 10.1. The summed E-state index contributed by atoms with van der Waals surface area (Å²) >= 11 is 0. The standard InChI is InChI=1S/C23H24N4O3/c1-15(2)16-6-8-20-19(11-16)23(29)27-13-17(7-9-21(27)26-20)22(28)25-10-4-3-5-18-12-24-14-30-18/h6-9,11-15H,3-5,10H2,1-2H3,(H,25,28). The number of carbonyl (C=O) groups is 1. The molecule has 4 aromatic rings. The van der Waals surface area contributed by atoms with Crippen molar-refractivity contribution in [2.24, 2.45) is 0 Å². The van der Waals surface area contributed by atoms with E-state index in [-0.39, 0.29) is 11.5 Å². The second-order valence-electron chi connectivity index (χ2n) is 7.67. The average Bonchev–Trinajstić information content (AvgIpc) is 3.26. The Balaban J connectivity index is 1.50. The second kappa shape index (κ2) is 8.49. The van der Waals surface area contributed by atoms with Gasteiger partial charge in [-0.3, -0.25) is 14.0 Å². The number of unbranched alkanes of at least 4 members (excludes halogenated alkanes) is 1. The predicted octanol–water partition coefficient (Wildman–Crippen LogP) is 3.71. The molecule has 4 rings (SSSR count). The third-order valence-electron chi connectivity index (χ3n) is 5.18. The van der Waals surface area contributed by atoms with Crippen LogP contribution in [0.5, 0.6) is 0 Å². The first-order chi connectivity index (χ1) is 14.5. The van der Waals surface area contributed by atoms with E-state index >= 15 is 0 Å². The summed E-state index contributed by atoms with van der Waals surface area (Å²) in [4.78, 5) is 34.0. The maximum absolute atomic E-state index is 13.0. The number of fused-ring (bicyclic) bond motifs is 2. The molecule has 0 bridgehead atoms. The molecular weight excluding hydrogens is 380 g/mol. The van der Waals surface area contributed by atoms with Crippen molar-refractivity contribution in [1.29, 1.82) is 0 Å². The Morgan fingerprint density at radius 1 is 1.20 bits per heavy atom. The van der Waals surface area contributed by atoms with Crippen LogP contribution < -0.4 is 10.9 Å². The smallest absolute Gasteiger partial charge is 0.265 e. The van der Waals surface area contributed by atoms with Crippen molar-refractivity contribution in [2.75, 3.05) is 6.54 Å². The Hall–Kier alpha value is -3.48. The van der Waals surface area contributed by atoms with Crippen molar-refractivity contribution in [3.63, 3.8) is 0 Å². The first-order valence-corrected chi connectivity index (χ1v) is 10.1. The lowest BCUT2D eigenvalue weighted by molar-refractivity contribution is 0.0952. The minimum atomic E-state index is -0.209. The van der Waals surface area contributed by atoms with Gasteiger partial charge >= 0.3 is 0 Å². The fourth-order valence-electron chi connectivity index (χ4n) is 3.41. The van der Waals surface area contributed by atoms with Crippen molar-refractivity contribution in [3.05, 3.63) is 76.4 Å². The van der Waals surface area contributed by atoms with Gasteiger partial charge in [-0.1, -0.05) is 19.9 Å². The maximum atomic E-state index is 13.0. The molecule has 0 aliphatic heterocycles. The number of aromatic nitrogens is 3. The van der Waals surface area contributed by atoms with Gasteiger partial charge in [0.2, 0.25) is 0 Å². The Labute approximate surface area is 173 Å². The first kappa shape index (κ1) is 19.8. The molecule has 1 amide bonds. The zero-order valence-corrected chi connectivity index (χ0v) is 17.1. The van der Waals surface area contributed by atoms with E-state index in [2.05, 4.69) is 29.1 Å². The van der Waals surface area contributed by atoms with E-state index in [4.69, 9.17) is 4.42 Å². The van der Waals surface area contributed by atoms with Crippen LogP contribution in [-0.4, -0.2) is 26.8 Å². The number of pyridine rings is 1. The number of carbonyl (C=O) groups excluding carboxylic acids is 1. The second-order valence-corrected chi connectivity index (χ2v) is 7.67. The molecule has 0 atom stereocenters. The molecule has 0 radical (unpaired) electrons. The molecule has 0 spiro atoms. The number of hydrogen-bond donors (Lipinski definition) is 1. The molecule has 3 heterocycles. The zero-order chi connectivity index (χ0) is 21.1. The van der Waals surface area contributed by atoms with E-state index in [1.165, 1.54) is 10.8 Å². The molecule has 1 N–H and O–H groups in total. The lowest BCUT2D eigenvalue weighted by atomic mass is 10.0. The summed E-state index contributed by atoms with van der Waals surface area (Å²) in [6.45, 7) is 4.72. The minimum Gasteiger partial charge on any atom is -0.449 e. The molecule has 7 nitrogen and oxygen atoms in total. The highest BCUT2D eigenvalue weighted by Gasteiger charge is 2.11. The number of nitrogens with one attached hydrogen (secondary N) is 1. The molecule has 0 aliphatic carbocycles. The average molecular weight is 404 g/mol. The number of rotatable bonds is 7. The van der Waals surface area contributed by atoms with E-state index in [1.807, 2.05) is 18.2 Å². The highest BCUT2D eigenvalue weighted by Crippen LogP contribution is 2.19. The number of hydrogen-bond acceptors (Lipinski definition) is 5. The molecule has 0 aliphatic rings. The molecule has 7 heteroatoms. The predicted molar refractivity (Wildman–Crippen MR) is 115 cm³/mol. The zero-order valence-electron chi connectivity index (χ0n) is 17.1. The van der Waals surface area contributed by atoms with Crippen molar-refractivity contribution in [1.82, 2.24) is 19.7 Å². The highest BCUT2D eigenvalue weighted by molar-refractivity contribution is 5.94. The van der Waals surface area contributed by atoms with E-state index in [1.54, 1.807) is 24.5 Å². The number of benzene rings is 1. The summed E-state index contributed by atoms with van der Waals surface area (Å²) in [6, 6.07) is 9.17. The molecule has 154 valence electrons. The largest absolute Gasteiger partial charge is 0.449 e. The van der Waals surface area contributed by atoms with E-state index in [0.29, 0.717) is 34.6 Å². The van der Waals surface area contributed by atoms with Crippen molar-refractivity contribution in [2.45, 2.75) is 39.0 Å². The van der Waals surface area contributed by atoms with Crippen LogP contribution in [0.15, 0.2) is 58.3 Å². The van der Waals surface area contributed by atoms with Crippen LogP contribution in [0.3, 0.4) is 0 Å². The van der Waals surface area contributed by atoms with Gasteiger partial charge in [0.25, 0.3) is 11.5 Å². The van der Waals surface area contributed by atoms with Crippen LogP contribution in [0.25, 0.3) is 16.6 Å². The number of amides is 1. The van der Waals surface area contributed by atoms with Crippen LogP contribution in [0.1, 0.15) is 54.3 Å².